The maximum absolute atomic E-state index is 10.5. The second kappa shape index (κ2) is 10.6. The summed E-state index contributed by atoms with van der Waals surface area (Å²) in [6.07, 6.45) is 0.784. The molecule has 0 saturated heterocycles. The van der Waals surface area contributed by atoms with E-state index in [0.29, 0.717) is 6.42 Å². The van der Waals surface area contributed by atoms with Gasteiger partial charge in [-0.2, -0.15) is 0 Å². The third-order valence-corrected chi connectivity index (χ3v) is 0.877. The Morgan fingerprint density at radius 3 is 2.00 bits per heavy atom. The van der Waals surface area contributed by atoms with Crippen LogP contribution in [0.4, 0.5) is 0 Å². The molecule has 11 heavy (non-hydrogen) atoms. The van der Waals surface area contributed by atoms with Crippen LogP contribution in [0.2, 0.25) is 0 Å². The Labute approximate surface area is 95.7 Å². The average Bonchev–Trinajstić information content (AvgIpc) is 1.63. The van der Waals surface area contributed by atoms with Crippen molar-refractivity contribution in [3.8, 4) is 0 Å². The molecule has 0 radical (unpaired) electrons. The summed E-state index contributed by atoms with van der Waals surface area (Å²) in [5.41, 5.74) is 0. The first-order valence-electron chi connectivity index (χ1n) is 2.90. The van der Waals surface area contributed by atoms with Gasteiger partial charge in [-0.3, -0.25) is 9.59 Å². The van der Waals surface area contributed by atoms with Gasteiger partial charge in [-0.05, 0) is 6.42 Å². The van der Waals surface area contributed by atoms with Crippen LogP contribution in [0.15, 0.2) is 0 Å². The minimum atomic E-state index is -1.03. The van der Waals surface area contributed by atoms with Crippen LogP contribution in [0.3, 0.4) is 0 Å². The summed E-state index contributed by atoms with van der Waals surface area (Å²) in [6.45, 7) is 1.85. The molecule has 0 bridgehead atoms. The van der Waals surface area contributed by atoms with E-state index in [9.17, 15) is 9.59 Å². The molecule has 5 heteroatoms. The quantitative estimate of drug-likeness (QED) is 0.570. The number of aliphatic carboxylic acids is 1. The molecule has 1 N–H and O–H groups in total. The van der Waals surface area contributed by atoms with E-state index in [1.807, 2.05) is 6.92 Å². The summed E-state index contributed by atoms with van der Waals surface area (Å²) >= 11 is 0. The number of rotatable bonds is 4. The predicted molar refractivity (Wildman–Crippen MR) is 32.2 cm³/mol. The van der Waals surface area contributed by atoms with E-state index in [1.165, 1.54) is 0 Å². The largest absolute Gasteiger partial charge is 0.481 e. The summed E-state index contributed by atoms with van der Waals surface area (Å²) in [6, 6.07) is 0. The van der Waals surface area contributed by atoms with Crippen molar-refractivity contribution in [2.75, 3.05) is 0 Å². The van der Waals surface area contributed by atoms with Crippen molar-refractivity contribution in [1.29, 1.82) is 0 Å². The second-order valence-corrected chi connectivity index (χ2v) is 1.86. The molecule has 0 aliphatic heterocycles. The molecule has 0 aromatic rings. The number of ketones is 1. The molecule has 0 amide bonds. The van der Waals surface area contributed by atoms with Crippen molar-refractivity contribution >= 4 is 11.8 Å². The van der Waals surface area contributed by atoms with Crippen LogP contribution in [-0.2, 0) is 53.0 Å². The molecule has 0 aromatic heterocycles. The maximum Gasteiger partial charge on any atom is 0.310 e. The Kier molecular flexibility index (Phi) is 16.9. The van der Waals surface area contributed by atoms with Gasteiger partial charge >= 0.3 is 5.97 Å². The van der Waals surface area contributed by atoms with Crippen LogP contribution in [0.25, 0.3) is 0 Å². The van der Waals surface area contributed by atoms with Gasteiger partial charge in [0.1, 0.15) is 12.2 Å². The van der Waals surface area contributed by atoms with Crippen molar-refractivity contribution < 1.29 is 58.1 Å². The normalized spacial score (nSPS) is 7.36. The third-order valence-electron chi connectivity index (χ3n) is 0.877. The fraction of sp³-hybridized carbons (Fsp3) is 0.667. The smallest absolute Gasteiger partial charge is 0.310 e. The van der Waals surface area contributed by atoms with E-state index in [2.05, 4.69) is 0 Å². The Morgan fingerprint density at radius 2 is 1.73 bits per heavy atom. The van der Waals surface area contributed by atoms with Gasteiger partial charge < -0.3 is 5.11 Å². The summed E-state index contributed by atoms with van der Waals surface area (Å²) in [7, 11) is 0. The minimum Gasteiger partial charge on any atom is -0.481 e. The third kappa shape index (κ3) is 13.5. The van der Waals surface area contributed by atoms with E-state index in [4.69, 9.17) is 5.11 Å². The molecule has 0 unspecified atom stereocenters. The fourth-order valence-corrected chi connectivity index (χ4v) is 0.536. The maximum atomic E-state index is 10.5. The average molecular weight is 226 g/mol. The molecule has 0 fully saturated rings. The summed E-state index contributed by atoms with van der Waals surface area (Å²) < 4.78 is 0. The van der Waals surface area contributed by atoms with Crippen LogP contribution in [0.1, 0.15) is 26.2 Å². The van der Waals surface area contributed by atoms with Gasteiger partial charge in [-0.25, -0.2) is 0 Å². The topological polar surface area (TPSA) is 54.4 Å². The predicted octanol–water partition coefficient (Wildman–Crippen LogP) is 0.825. The van der Waals surface area contributed by atoms with E-state index in [0.717, 1.165) is 6.42 Å². The van der Waals surface area contributed by atoms with E-state index >= 15 is 0 Å². The summed E-state index contributed by atoms with van der Waals surface area (Å²) in [5.74, 6) is -1.22. The summed E-state index contributed by atoms with van der Waals surface area (Å²) in [4.78, 5) is 20.3. The zero-order valence-electron chi connectivity index (χ0n) is 6.39. The zero-order valence-corrected chi connectivity index (χ0v) is 9.51. The molecule has 0 rings (SSSR count). The molecule has 0 saturated carbocycles. The van der Waals surface area contributed by atoms with Crippen LogP contribution in [0, 0.1) is 0 Å². The molecule has 0 atom stereocenters. The first kappa shape index (κ1) is 17.6. The number of hydrogen-bond acceptors (Lipinski definition) is 2. The van der Waals surface area contributed by atoms with Gasteiger partial charge in [0.25, 0.3) is 0 Å². The SMILES string of the molecule is CCCC(=O)CC(=O)O.[Ti].[Ti]. The molecule has 0 spiro atoms. The molecule has 0 aliphatic carbocycles. The van der Waals surface area contributed by atoms with Crippen LogP contribution in [0.5, 0.6) is 0 Å². The number of carbonyl (C=O) groups excluding carboxylic acids is 1. The van der Waals surface area contributed by atoms with E-state index < -0.39 is 5.97 Å². The minimum absolute atomic E-state index is 0. The monoisotopic (exact) mass is 226 g/mol. The number of Topliss-reactive ketones (excluding diaryl/α,β-unsaturated/α-hetero) is 1. The van der Waals surface area contributed by atoms with Gasteiger partial charge in [0.05, 0.1) is 0 Å². The molecular formula is C6H10O3Ti2. The van der Waals surface area contributed by atoms with E-state index in [1.54, 1.807) is 0 Å². The number of carboxylic acid groups (broad SMARTS) is 1. The summed E-state index contributed by atoms with van der Waals surface area (Å²) in [5, 5.41) is 8.09. The molecule has 0 aromatic carbocycles. The number of hydrogen-bond donors (Lipinski definition) is 1. The number of carbonyl (C=O) groups is 2. The fourth-order valence-electron chi connectivity index (χ4n) is 0.536. The Balaban J connectivity index is -0.000000320. The van der Waals surface area contributed by atoms with E-state index in [-0.39, 0.29) is 55.6 Å². The van der Waals surface area contributed by atoms with Gasteiger partial charge in [0, 0.05) is 49.9 Å². The van der Waals surface area contributed by atoms with Gasteiger partial charge in [-0.1, -0.05) is 6.92 Å². The van der Waals surface area contributed by atoms with Crippen molar-refractivity contribution in [2.24, 2.45) is 0 Å². The van der Waals surface area contributed by atoms with Gasteiger partial charge in [0.15, 0.2) is 0 Å². The molecule has 0 aliphatic rings. The van der Waals surface area contributed by atoms with Gasteiger partial charge in [-0.15, -0.1) is 0 Å². The first-order chi connectivity index (χ1) is 4.16. The molecule has 0 heterocycles. The van der Waals surface area contributed by atoms with Crippen LogP contribution in [-0.4, -0.2) is 16.9 Å². The molecule has 3 nitrogen and oxygen atoms in total. The van der Waals surface area contributed by atoms with Crippen molar-refractivity contribution in [3.63, 3.8) is 0 Å². The Bertz CT molecular complexity index is 125. The number of carboxylic acids is 1. The molecular weight excluding hydrogens is 216 g/mol. The molecule has 60 valence electrons. The van der Waals surface area contributed by atoms with Crippen LogP contribution >= 0.6 is 0 Å². The van der Waals surface area contributed by atoms with Crippen molar-refractivity contribution in [2.45, 2.75) is 26.2 Å². The Hall–Kier alpha value is 0.569. The van der Waals surface area contributed by atoms with Gasteiger partial charge in [0.2, 0.25) is 0 Å². The zero-order chi connectivity index (χ0) is 7.28. The van der Waals surface area contributed by atoms with Crippen molar-refractivity contribution in [1.82, 2.24) is 0 Å². The first-order valence-corrected chi connectivity index (χ1v) is 2.90. The van der Waals surface area contributed by atoms with Crippen molar-refractivity contribution in [3.05, 3.63) is 0 Å². The standard InChI is InChI=1S/C6H10O3.2Ti/c1-2-3-5(7)4-6(8)9;;/h2-4H2,1H3,(H,8,9);;. The Morgan fingerprint density at radius 1 is 1.27 bits per heavy atom. The second-order valence-electron chi connectivity index (χ2n) is 1.86. The van der Waals surface area contributed by atoms with Crippen LogP contribution < -0.4 is 0 Å².